The molecule has 0 saturated carbocycles. The Hall–Kier alpha value is -2.40. The number of allylic oxidation sites excluding steroid dienone is 10. The van der Waals surface area contributed by atoms with E-state index in [9.17, 15) is 14.7 Å². The van der Waals surface area contributed by atoms with Gasteiger partial charge in [-0.05, 0) is 51.4 Å². The smallest absolute Gasteiger partial charge is 0.306 e. The van der Waals surface area contributed by atoms with Crippen LogP contribution in [0.2, 0.25) is 0 Å². The Morgan fingerprint density at radius 1 is 0.727 bits per heavy atom. The van der Waals surface area contributed by atoms with Crippen molar-refractivity contribution in [2.45, 2.75) is 90.6 Å². The number of rotatable bonds is 20. The predicted molar refractivity (Wildman–Crippen MR) is 136 cm³/mol. The van der Waals surface area contributed by atoms with Crippen molar-refractivity contribution in [2.24, 2.45) is 0 Å². The van der Waals surface area contributed by atoms with Crippen LogP contribution in [0.15, 0.2) is 60.8 Å². The van der Waals surface area contributed by atoms with Gasteiger partial charge >= 0.3 is 11.9 Å². The van der Waals surface area contributed by atoms with E-state index in [1.54, 1.807) is 6.92 Å². The van der Waals surface area contributed by atoms with E-state index in [-0.39, 0.29) is 31.6 Å². The van der Waals surface area contributed by atoms with Crippen molar-refractivity contribution in [3.05, 3.63) is 60.8 Å². The molecule has 0 heterocycles. The van der Waals surface area contributed by atoms with Crippen molar-refractivity contribution in [3.63, 3.8) is 0 Å². The number of carbonyl (C=O) groups excluding carboxylic acids is 2. The molecule has 33 heavy (non-hydrogen) atoms. The lowest BCUT2D eigenvalue weighted by atomic mass is 10.1. The van der Waals surface area contributed by atoms with Crippen LogP contribution >= 0.6 is 0 Å². The van der Waals surface area contributed by atoms with Gasteiger partial charge in [0.15, 0.2) is 6.10 Å². The largest absolute Gasteiger partial charge is 0.462 e. The first kappa shape index (κ1) is 30.6. The van der Waals surface area contributed by atoms with Gasteiger partial charge in [-0.3, -0.25) is 9.59 Å². The highest BCUT2D eigenvalue weighted by Crippen LogP contribution is 2.07. The Balaban J connectivity index is 3.64. The Morgan fingerprint density at radius 3 is 1.79 bits per heavy atom. The molecular weight excluding hydrogens is 416 g/mol. The lowest BCUT2D eigenvalue weighted by Crippen LogP contribution is -2.28. The van der Waals surface area contributed by atoms with Crippen LogP contribution in [0.25, 0.3) is 0 Å². The van der Waals surface area contributed by atoms with Gasteiger partial charge in [0.25, 0.3) is 0 Å². The van der Waals surface area contributed by atoms with E-state index >= 15 is 0 Å². The van der Waals surface area contributed by atoms with Crippen molar-refractivity contribution in [2.75, 3.05) is 13.2 Å². The highest BCUT2D eigenvalue weighted by Gasteiger charge is 2.15. The Labute approximate surface area is 200 Å². The molecule has 0 radical (unpaired) electrons. The fourth-order valence-corrected chi connectivity index (χ4v) is 2.73. The van der Waals surface area contributed by atoms with E-state index in [1.807, 2.05) is 0 Å². The van der Waals surface area contributed by atoms with Gasteiger partial charge in [0.2, 0.25) is 0 Å². The van der Waals surface area contributed by atoms with Crippen molar-refractivity contribution in [1.82, 2.24) is 0 Å². The molecule has 0 saturated heterocycles. The number of hydrogen-bond acceptors (Lipinski definition) is 5. The zero-order valence-electron chi connectivity index (χ0n) is 20.6. The van der Waals surface area contributed by atoms with Crippen LogP contribution in [0.3, 0.4) is 0 Å². The number of ether oxygens (including phenoxy) is 2. The fraction of sp³-hybridized carbons (Fsp3) is 0.571. The van der Waals surface area contributed by atoms with E-state index in [0.29, 0.717) is 6.42 Å². The molecule has 1 unspecified atom stereocenters. The summed E-state index contributed by atoms with van der Waals surface area (Å²) in [6.45, 7) is 3.37. The molecule has 0 spiro atoms. The maximum atomic E-state index is 11.8. The summed E-state index contributed by atoms with van der Waals surface area (Å²) in [5, 5.41) is 9.21. The second kappa shape index (κ2) is 24.2. The fourth-order valence-electron chi connectivity index (χ4n) is 2.73. The zero-order chi connectivity index (χ0) is 24.4. The first-order valence-corrected chi connectivity index (χ1v) is 12.3. The maximum absolute atomic E-state index is 11.8. The molecule has 0 aliphatic carbocycles. The first-order valence-electron chi connectivity index (χ1n) is 12.3. The van der Waals surface area contributed by atoms with Gasteiger partial charge in [0, 0.05) is 12.8 Å². The normalized spacial score (nSPS) is 13.2. The lowest BCUT2D eigenvalue weighted by molar-refractivity contribution is -0.161. The highest BCUT2D eigenvalue weighted by molar-refractivity contribution is 5.70. The third-order valence-corrected chi connectivity index (χ3v) is 4.63. The van der Waals surface area contributed by atoms with Gasteiger partial charge in [-0.15, -0.1) is 0 Å². The van der Waals surface area contributed by atoms with Crippen molar-refractivity contribution in [3.8, 4) is 0 Å². The molecule has 0 fully saturated rings. The van der Waals surface area contributed by atoms with E-state index in [0.717, 1.165) is 57.8 Å². The van der Waals surface area contributed by atoms with Gasteiger partial charge in [0.1, 0.15) is 6.61 Å². The molecular formula is C28H44O5. The van der Waals surface area contributed by atoms with E-state index in [2.05, 4.69) is 67.7 Å². The summed E-state index contributed by atoms with van der Waals surface area (Å²) in [4.78, 5) is 22.9. The molecule has 0 aliphatic rings. The molecule has 5 nitrogen and oxygen atoms in total. The molecule has 0 aromatic heterocycles. The van der Waals surface area contributed by atoms with E-state index in [1.165, 1.54) is 0 Å². The Bertz CT molecular complexity index is 628. The van der Waals surface area contributed by atoms with Gasteiger partial charge in [-0.25, -0.2) is 0 Å². The zero-order valence-corrected chi connectivity index (χ0v) is 20.6. The monoisotopic (exact) mass is 460 g/mol. The summed E-state index contributed by atoms with van der Waals surface area (Å²) in [5.74, 6) is -0.740. The van der Waals surface area contributed by atoms with Gasteiger partial charge in [-0.2, -0.15) is 0 Å². The quantitative estimate of drug-likeness (QED) is 0.127. The van der Waals surface area contributed by atoms with Crippen LogP contribution in [0.4, 0.5) is 0 Å². The minimum atomic E-state index is -0.783. The van der Waals surface area contributed by atoms with Crippen LogP contribution in [0, 0.1) is 0 Å². The Morgan fingerprint density at radius 2 is 1.27 bits per heavy atom. The van der Waals surface area contributed by atoms with Crippen molar-refractivity contribution >= 4 is 11.9 Å². The van der Waals surface area contributed by atoms with E-state index in [4.69, 9.17) is 9.47 Å². The summed E-state index contributed by atoms with van der Waals surface area (Å²) in [7, 11) is 0. The Kier molecular flexibility index (Phi) is 22.5. The summed E-state index contributed by atoms with van der Waals surface area (Å²) in [5.41, 5.74) is 0. The molecule has 1 atom stereocenters. The number of hydrogen-bond donors (Lipinski definition) is 1. The third-order valence-electron chi connectivity index (χ3n) is 4.63. The van der Waals surface area contributed by atoms with Crippen LogP contribution in [-0.4, -0.2) is 36.4 Å². The molecule has 0 amide bonds. The molecule has 186 valence electrons. The summed E-state index contributed by atoms with van der Waals surface area (Å²) in [6.07, 6.45) is 30.4. The maximum Gasteiger partial charge on any atom is 0.306 e. The van der Waals surface area contributed by atoms with Gasteiger partial charge in [0.05, 0.1) is 6.61 Å². The van der Waals surface area contributed by atoms with Crippen LogP contribution in [0.5, 0.6) is 0 Å². The molecule has 1 N–H and O–H groups in total. The number of aliphatic hydroxyl groups is 1. The molecule has 0 bridgehead atoms. The molecule has 5 heteroatoms. The second-order valence-corrected chi connectivity index (χ2v) is 7.64. The second-order valence-electron chi connectivity index (χ2n) is 7.64. The topological polar surface area (TPSA) is 72.8 Å². The lowest BCUT2D eigenvalue weighted by Gasteiger charge is -2.15. The van der Waals surface area contributed by atoms with Gasteiger partial charge < -0.3 is 14.6 Å². The summed E-state index contributed by atoms with van der Waals surface area (Å²) in [6, 6.07) is 0. The summed E-state index contributed by atoms with van der Waals surface area (Å²) >= 11 is 0. The minimum Gasteiger partial charge on any atom is -0.462 e. The summed E-state index contributed by atoms with van der Waals surface area (Å²) < 4.78 is 10.0. The first-order chi connectivity index (χ1) is 16.1. The number of carbonyl (C=O) groups is 2. The highest BCUT2D eigenvalue weighted by atomic mass is 16.6. The van der Waals surface area contributed by atoms with Crippen molar-refractivity contribution < 1.29 is 24.2 Å². The molecule has 0 aliphatic heterocycles. The SMILES string of the molecule is CC/C=C\C/C=C\C/C=C\C/C=C\C/C=C\CCCCCC(=O)OC(CO)COC(=O)CC. The van der Waals surface area contributed by atoms with Gasteiger partial charge in [-0.1, -0.05) is 81.0 Å². The third kappa shape index (κ3) is 22.6. The number of esters is 2. The van der Waals surface area contributed by atoms with Crippen LogP contribution in [-0.2, 0) is 19.1 Å². The average Bonchev–Trinajstić information content (AvgIpc) is 2.82. The van der Waals surface area contributed by atoms with Crippen LogP contribution in [0.1, 0.15) is 84.5 Å². The molecule has 0 aromatic rings. The number of aliphatic hydroxyl groups excluding tert-OH is 1. The van der Waals surface area contributed by atoms with Crippen LogP contribution < -0.4 is 0 Å². The average molecular weight is 461 g/mol. The predicted octanol–water partition coefficient (Wildman–Crippen LogP) is 6.55. The minimum absolute atomic E-state index is 0.0982. The molecule has 0 aromatic carbocycles. The van der Waals surface area contributed by atoms with E-state index < -0.39 is 6.10 Å². The number of unbranched alkanes of at least 4 members (excludes halogenated alkanes) is 3. The van der Waals surface area contributed by atoms with Crippen molar-refractivity contribution in [1.29, 1.82) is 0 Å². The molecule has 0 rings (SSSR count). The standard InChI is InChI=1S/C28H44O5/c1-3-5-6-7-8-9-10-11-12-13-14-15-16-17-18-19-20-21-22-23-28(31)33-26(24-29)25-32-27(30)4-2/h5-6,8-9,11-12,14-15,17-18,26,29H,3-4,7,10,13,16,19-25H2,1-2H3/b6-5-,9-8-,12-11-,15-14-,18-17-.